The molecule has 0 fully saturated rings. The van der Waals surface area contributed by atoms with Gasteiger partial charge in [-0.3, -0.25) is 4.79 Å². The highest BCUT2D eigenvalue weighted by molar-refractivity contribution is 5.84. The van der Waals surface area contributed by atoms with Gasteiger partial charge in [0.2, 0.25) is 0 Å². The third-order valence-corrected chi connectivity index (χ3v) is 0.921. The molecule has 0 atom stereocenters. The summed E-state index contributed by atoms with van der Waals surface area (Å²) in [6, 6.07) is 0. The number of hydrogen-bond acceptors (Lipinski definition) is 3. The second-order valence-corrected chi connectivity index (χ2v) is 1.76. The van der Waals surface area contributed by atoms with Crippen LogP contribution in [-0.2, 0) is 4.79 Å². The number of hydrogen-bond donors (Lipinski definition) is 2. The molecule has 0 bridgehead atoms. The lowest BCUT2D eigenvalue weighted by atomic mass is 10.2. The maximum absolute atomic E-state index is 9.92. The first kappa shape index (κ1) is 7.94. The van der Waals surface area contributed by atoms with Gasteiger partial charge >= 0.3 is 5.97 Å². The van der Waals surface area contributed by atoms with Gasteiger partial charge in [0, 0.05) is 5.71 Å². The van der Waals surface area contributed by atoms with E-state index in [1.165, 1.54) is 0 Å². The maximum Gasteiger partial charge on any atom is 0.303 e. The number of rotatable bonds is 3. The number of carboxylic acids is 1. The van der Waals surface area contributed by atoms with Gasteiger partial charge in [-0.1, -0.05) is 0 Å². The summed E-state index contributed by atoms with van der Waals surface area (Å²) < 4.78 is 0. The highest BCUT2D eigenvalue weighted by Gasteiger charge is 1.96. The minimum atomic E-state index is -0.821. The molecule has 0 aliphatic rings. The summed E-state index contributed by atoms with van der Waals surface area (Å²) in [5, 5.41) is 11.5. The van der Waals surface area contributed by atoms with E-state index in [1.54, 1.807) is 6.92 Å². The third kappa shape index (κ3) is 4.80. The van der Waals surface area contributed by atoms with Gasteiger partial charge in [-0.05, 0) is 13.3 Å². The van der Waals surface area contributed by atoms with Crippen LogP contribution in [0.25, 0.3) is 0 Å². The second kappa shape index (κ2) is 3.88. The Labute approximate surface area is 53.4 Å². The van der Waals surface area contributed by atoms with Gasteiger partial charge in [0.25, 0.3) is 0 Å². The molecule has 9 heavy (non-hydrogen) atoms. The fourth-order valence-electron chi connectivity index (χ4n) is 0.352. The van der Waals surface area contributed by atoms with Crippen molar-refractivity contribution in [3.63, 3.8) is 0 Å². The Morgan fingerprint density at radius 1 is 1.67 bits per heavy atom. The van der Waals surface area contributed by atoms with Crippen LogP contribution >= 0.6 is 0 Å². The average Bonchev–Trinajstić information content (AvgIpc) is 1.83. The summed E-state index contributed by atoms with van der Waals surface area (Å²) in [4.78, 5) is 9.92. The normalized spacial score (nSPS) is 11.4. The first-order valence-corrected chi connectivity index (χ1v) is 2.62. The van der Waals surface area contributed by atoms with Crippen molar-refractivity contribution in [3.8, 4) is 0 Å². The van der Waals surface area contributed by atoms with Crippen LogP contribution in [0.4, 0.5) is 0 Å². The van der Waals surface area contributed by atoms with Crippen molar-refractivity contribution >= 4 is 11.7 Å². The van der Waals surface area contributed by atoms with E-state index in [0.717, 1.165) is 0 Å². The van der Waals surface area contributed by atoms with Crippen molar-refractivity contribution in [1.29, 1.82) is 0 Å². The summed E-state index contributed by atoms with van der Waals surface area (Å²) in [5.74, 6) is 4.03. The van der Waals surface area contributed by atoms with Crippen molar-refractivity contribution in [2.75, 3.05) is 0 Å². The lowest BCUT2D eigenvalue weighted by Gasteiger charge is -1.91. The average molecular weight is 130 g/mol. The highest BCUT2D eigenvalue weighted by Crippen LogP contribution is 1.90. The molecule has 0 amide bonds. The number of hydrazone groups is 1. The van der Waals surface area contributed by atoms with Crippen molar-refractivity contribution in [2.45, 2.75) is 19.8 Å². The van der Waals surface area contributed by atoms with Crippen LogP contribution in [0, 0.1) is 0 Å². The van der Waals surface area contributed by atoms with Gasteiger partial charge in [-0.25, -0.2) is 0 Å². The molecule has 0 aromatic heterocycles. The Kier molecular flexibility index (Phi) is 3.43. The van der Waals surface area contributed by atoms with E-state index in [-0.39, 0.29) is 6.42 Å². The van der Waals surface area contributed by atoms with E-state index in [1.807, 2.05) is 0 Å². The third-order valence-electron chi connectivity index (χ3n) is 0.921. The van der Waals surface area contributed by atoms with Gasteiger partial charge in [-0.15, -0.1) is 0 Å². The summed E-state index contributed by atoms with van der Waals surface area (Å²) in [6.45, 7) is 1.70. The SMILES string of the molecule is C/C(CCC(=O)O)=N/N. The number of nitrogens with two attached hydrogens (primary N) is 1. The molecule has 0 radical (unpaired) electrons. The summed E-state index contributed by atoms with van der Waals surface area (Å²) in [5.41, 5.74) is 0.664. The smallest absolute Gasteiger partial charge is 0.303 e. The molecule has 3 N–H and O–H groups in total. The Bertz CT molecular complexity index is 131. The molecule has 0 saturated heterocycles. The molecule has 4 nitrogen and oxygen atoms in total. The molecular weight excluding hydrogens is 120 g/mol. The molecule has 0 heterocycles. The zero-order valence-corrected chi connectivity index (χ0v) is 5.29. The molecule has 0 aromatic carbocycles. The molecule has 4 heteroatoms. The van der Waals surface area contributed by atoms with E-state index in [2.05, 4.69) is 5.10 Å². The van der Waals surface area contributed by atoms with E-state index in [0.29, 0.717) is 12.1 Å². The molecule has 0 aromatic rings. The first-order chi connectivity index (χ1) is 4.16. The van der Waals surface area contributed by atoms with Crippen LogP contribution in [0.3, 0.4) is 0 Å². The van der Waals surface area contributed by atoms with Gasteiger partial charge in [0.1, 0.15) is 0 Å². The predicted molar refractivity (Wildman–Crippen MR) is 34.2 cm³/mol. The van der Waals surface area contributed by atoms with Gasteiger partial charge in [-0.2, -0.15) is 5.10 Å². The Hall–Kier alpha value is -1.06. The predicted octanol–water partition coefficient (Wildman–Crippen LogP) is 0.186. The molecular formula is C5H10N2O2. The molecule has 52 valence electrons. The van der Waals surface area contributed by atoms with Crippen LogP contribution in [0.2, 0.25) is 0 Å². The van der Waals surface area contributed by atoms with Gasteiger partial charge in [0.05, 0.1) is 6.42 Å². The van der Waals surface area contributed by atoms with Crippen molar-refractivity contribution in [2.24, 2.45) is 10.9 Å². The quantitative estimate of drug-likeness (QED) is 0.325. The molecule has 0 aliphatic heterocycles. The van der Waals surface area contributed by atoms with Crippen LogP contribution < -0.4 is 5.84 Å². The summed E-state index contributed by atoms with van der Waals surface area (Å²) in [6.07, 6.45) is 0.540. The van der Waals surface area contributed by atoms with Crippen LogP contribution in [0.1, 0.15) is 19.8 Å². The lowest BCUT2D eigenvalue weighted by molar-refractivity contribution is -0.136. The van der Waals surface area contributed by atoms with Crippen molar-refractivity contribution < 1.29 is 9.90 Å². The summed E-state index contributed by atoms with van der Waals surface area (Å²) in [7, 11) is 0. The molecule has 0 unspecified atom stereocenters. The van der Waals surface area contributed by atoms with Crippen molar-refractivity contribution in [1.82, 2.24) is 0 Å². The number of aliphatic carboxylic acids is 1. The van der Waals surface area contributed by atoms with E-state index in [4.69, 9.17) is 10.9 Å². The fourth-order valence-corrected chi connectivity index (χ4v) is 0.352. The molecule has 0 aliphatic carbocycles. The van der Waals surface area contributed by atoms with E-state index >= 15 is 0 Å². The number of carbonyl (C=O) groups is 1. The Morgan fingerprint density at radius 2 is 2.22 bits per heavy atom. The Morgan fingerprint density at radius 3 is 2.56 bits per heavy atom. The van der Waals surface area contributed by atoms with Crippen LogP contribution in [0.5, 0.6) is 0 Å². The van der Waals surface area contributed by atoms with Crippen LogP contribution in [0.15, 0.2) is 5.10 Å². The van der Waals surface area contributed by atoms with Gasteiger partial charge in [0.15, 0.2) is 0 Å². The summed E-state index contributed by atoms with van der Waals surface area (Å²) >= 11 is 0. The number of nitrogens with zero attached hydrogens (tertiary/aromatic N) is 1. The first-order valence-electron chi connectivity index (χ1n) is 2.62. The minimum Gasteiger partial charge on any atom is -0.481 e. The fraction of sp³-hybridized carbons (Fsp3) is 0.600. The highest BCUT2D eigenvalue weighted by atomic mass is 16.4. The zero-order valence-electron chi connectivity index (χ0n) is 5.29. The zero-order chi connectivity index (χ0) is 7.28. The van der Waals surface area contributed by atoms with E-state index < -0.39 is 5.97 Å². The van der Waals surface area contributed by atoms with Gasteiger partial charge < -0.3 is 10.9 Å². The Balaban J connectivity index is 3.39. The van der Waals surface area contributed by atoms with Crippen LogP contribution in [-0.4, -0.2) is 16.8 Å². The van der Waals surface area contributed by atoms with Crippen molar-refractivity contribution in [3.05, 3.63) is 0 Å². The van der Waals surface area contributed by atoms with E-state index in [9.17, 15) is 4.79 Å². The topological polar surface area (TPSA) is 75.7 Å². The minimum absolute atomic E-state index is 0.104. The second-order valence-electron chi connectivity index (χ2n) is 1.76. The molecule has 0 rings (SSSR count). The largest absolute Gasteiger partial charge is 0.481 e. The monoisotopic (exact) mass is 130 g/mol. The molecule has 0 saturated carbocycles. The lowest BCUT2D eigenvalue weighted by Crippen LogP contribution is -2.01. The number of carboxylic acid groups (broad SMARTS) is 1. The maximum atomic E-state index is 9.92. The molecule has 0 spiro atoms. The standard InChI is InChI=1S/C5H10N2O2/c1-4(7-6)2-3-5(8)9/h2-3,6H2,1H3,(H,8,9)/b7-4-.